The Morgan fingerprint density at radius 1 is 1.07 bits per heavy atom. The van der Waals surface area contributed by atoms with Gasteiger partial charge in [0.2, 0.25) is 11.7 Å². The molecule has 6 heterocycles. The number of anilines is 2. The zero-order valence-corrected chi connectivity index (χ0v) is 31.7. The van der Waals surface area contributed by atoms with Crippen LogP contribution >= 0.6 is 11.6 Å². The number of hydrogen-bond donors (Lipinski definition) is 2. The number of likely N-dealkylation sites (tertiary alicyclic amines) is 1. The van der Waals surface area contributed by atoms with E-state index >= 15 is 0 Å². The van der Waals surface area contributed by atoms with E-state index in [1.807, 2.05) is 36.1 Å². The molecule has 0 aliphatic carbocycles. The molecule has 57 heavy (non-hydrogen) atoms. The minimum Gasteiger partial charge on any atom is -0.504 e. The number of carbonyl (C=O) groups excluding carboxylic acids is 2. The van der Waals surface area contributed by atoms with Crippen molar-refractivity contribution in [1.29, 1.82) is 0 Å². The number of benzene rings is 2. The lowest BCUT2D eigenvalue weighted by Crippen LogP contribution is -2.51. The summed E-state index contributed by atoms with van der Waals surface area (Å²) in [6.45, 7) is 6.24. The zero-order chi connectivity index (χ0) is 40.2. The molecule has 2 bridgehead atoms. The molecule has 0 saturated carbocycles. The van der Waals surface area contributed by atoms with Gasteiger partial charge < -0.3 is 29.5 Å². The number of aryl methyl sites for hydroxylation is 1. The van der Waals surface area contributed by atoms with Crippen LogP contribution in [0.2, 0.25) is 5.02 Å². The first-order chi connectivity index (χ1) is 27.3. The number of nitrogens with zero attached hydrogens (tertiary/aromatic N) is 9. The molecule has 0 radical (unpaired) electrons. The van der Waals surface area contributed by atoms with E-state index in [4.69, 9.17) is 21.3 Å². The second kappa shape index (κ2) is 15.1. The normalized spacial score (nSPS) is 18.5. The maximum absolute atomic E-state index is 14.4. The maximum Gasteiger partial charge on any atom is 0.416 e. The van der Waals surface area contributed by atoms with Crippen LogP contribution in [0.1, 0.15) is 46.3 Å². The Morgan fingerprint density at radius 2 is 1.82 bits per heavy atom. The lowest BCUT2D eigenvalue weighted by molar-refractivity contribution is -0.137. The topological polar surface area (TPSA) is 163 Å². The van der Waals surface area contributed by atoms with Crippen molar-refractivity contribution in [1.82, 2.24) is 38.9 Å². The van der Waals surface area contributed by atoms with Gasteiger partial charge in [-0.3, -0.25) is 19.3 Å². The van der Waals surface area contributed by atoms with Crippen molar-refractivity contribution in [2.24, 2.45) is 0 Å². The number of morpholine rings is 1. The number of carbonyl (C=O) groups is 2. The Bertz CT molecular complexity index is 2430. The summed E-state index contributed by atoms with van der Waals surface area (Å²) in [5.74, 6) is -1.07. The number of ether oxygens (including phenoxy) is 1. The van der Waals surface area contributed by atoms with Crippen molar-refractivity contribution < 1.29 is 32.6 Å². The highest BCUT2D eigenvalue weighted by Crippen LogP contribution is 2.34. The number of aromatic nitrogens is 6. The third-order valence-corrected chi connectivity index (χ3v) is 11.0. The predicted molar refractivity (Wildman–Crippen MR) is 202 cm³/mol. The number of alkyl halides is 3. The number of piperazine rings is 1. The van der Waals surface area contributed by atoms with Crippen molar-refractivity contribution in [3.05, 3.63) is 92.4 Å². The van der Waals surface area contributed by atoms with Crippen molar-refractivity contribution >= 4 is 40.6 Å². The summed E-state index contributed by atoms with van der Waals surface area (Å²) in [7, 11) is 0. The molecule has 2 atom stereocenters. The summed E-state index contributed by atoms with van der Waals surface area (Å²) in [5.41, 5.74) is 1.17. The van der Waals surface area contributed by atoms with Gasteiger partial charge in [0.1, 0.15) is 18.6 Å². The largest absolute Gasteiger partial charge is 0.504 e. The van der Waals surface area contributed by atoms with Crippen LogP contribution in [0.3, 0.4) is 0 Å². The Labute approximate surface area is 328 Å². The molecule has 298 valence electrons. The highest BCUT2D eigenvalue weighted by Gasteiger charge is 2.39. The summed E-state index contributed by atoms with van der Waals surface area (Å²) >= 11 is 6.17. The van der Waals surface area contributed by atoms with E-state index in [1.165, 1.54) is 11.2 Å². The first-order valence-corrected chi connectivity index (χ1v) is 18.9. The summed E-state index contributed by atoms with van der Waals surface area (Å²) in [6, 6.07) is 10.8. The molecule has 5 aromatic rings. The Morgan fingerprint density at radius 3 is 2.47 bits per heavy atom. The maximum atomic E-state index is 14.4. The lowest BCUT2D eigenvalue weighted by Gasteiger charge is -2.36. The van der Waals surface area contributed by atoms with Crippen LogP contribution in [0, 0.1) is 6.92 Å². The number of amides is 2. The van der Waals surface area contributed by atoms with Crippen molar-refractivity contribution in [2.75, 3.05) is 49.5 Å². The molecule has 3 aliphatic rings. The number of fused-ring (bicyclic) bond motifs is 3. The summed E-state index contributed by atoms with van der Waals surface area (Å²) in [5, 5.41) is 17.4. The van der Waals surface area contributed by atoms with Gasteiger partial charge in [-0.25, -0.2) is 9.97 Å². The van der Waals surface area contributed by atoms with E-state index in [0.717, 1.165) is 54.4 Å². The molecular formula is C38H38ClF3N10O5. The molecule has 0 spiro atoms. The molecule has 2 N–H and O–H groups in total. The van der Waals surface area contributed by atoms with Crippen LogP contribution in [-0.2, 0) is 35.2 Å². The van der Waals surface area contributed by atoms with Crippen LogP contribution in [0.4, 0.5) is 24.5 Å². The first kappa shape index (κ1) is 38.3. The number of hydrogen-bond acceptors (Lipinski definition) is 11. The predicted octanol–water partition coefficient (Wildman–Crippen LogP) is 4.17. The van der Waals surface area contributed by atoms with Gasteiger partial charge in [0.25, 0.3) is 11.5 Å². The Balaban J connectivity index is 1.12. The number of nitrogens with one attached hydrogen (secondary N) is 1. The standard InChI is InChI=1S/C38H38ClF3N10O5/c1-3-29-32(48-10-12-49(13-11-48)35(55)31-33(54)21(2)43-20-44-31)36(56)52-37(51(29)18-30(53)45-28-9-8-24(14-27(28)39)38(40,41)42)46-34(47-52)23-6-4-22(5-7-23)16-50-17-26-15-25(50)19-57-26/h4-9,14,20,25-26,54H,3,10-13,15-19H2,1-2H3,(H,45,53)/t25-,26-/m1/s1. The molecule has 2 amide bonds. The molecule has 0 unspecified atom stereocenters. The van der Waals surface area contributed by atoms with Crippen molar-refractivity contribution in [2.45, 2.75) is 58.1 Å². The molecule has 19 heteroatoms. The van der Waals surface area contributed by atoms with Crippen LogP contribution in [0.25, 0.3) is 17.2 Å². The van der Waals surface area contributed by atoms with Crippen LogP contribution in [-0.4, -0.2) is 107 Å². The minimum atomic E-state index is -4.62. The smallest absolute Gasteiger partial charge is 0.416 e. The number of rotatable bonds is 9. The van der Waals surface area contributed by atoms with E-state index in [-0.39, 0.29) is 90.4 Å². The summed E-state index contributed by atoms with van der Waals surface area (Å²) < 4.78 is 48.3. The average Bonchev–Trinajstić information content (AvgIpc) is 3.95. The minimum absolute atomic E-state index is 0.0211. The fourth-order valence-electron chi connectivity index (χ4n) is 7.75. The summed E-state index contributed by atoms with van der Waals surface area (Å²) in [6.07, 6.45) is -1.81. The van der Waals surface area contributed by atoms with E-state index in [0.29, 0.717) is 17.3 Å². The summed E-state index contributed by atoms with van der Waals surface area (Å²) in [4.78, 5) is 59.8. The van der Waals surface area contributed by atoms with Gasteiger partial charge in [0.05, 0.1) is 40.4 Å². The van der Waals surface area contributed by atoms with Crippen LogP contribution in [0.5, 0.6) is 5.75 Å². The van der Waals surface area contributed by atoms with Gasteiger partial charge >= 0.3 is 6.18 Å². The molecule has 15 nitrogen and oxygen atoms in total. The van der Waals surface area contributed by atoms with E-state index in [2.05, 4.69) is 25.3 Å². The quantitative estimate of drug-likeness (QED) is 0.220. The molecule has 3 aliphatic heterocycles. The average molecular weight is 807 g/mol. The highest BCUT2D eigenvalue weighted by atomic mass is 35.5. The van der Waals surface area contributed by atoms with Crippen LogP contribution < -0.4 is 15.8 Å². The number of aromatic hydroxyl groups is 1. The van der Waals surface area contributed by atoms with Crippen molar-refractivity contribution in [3.63, 3.8) is 0 Å². The lowest BCUT2D eigenvalue weighted by atomic mass is 10.1. The second-order valence-electron chi connectivity index (χ2n) is 14.3. The monoisotopic (exact) mass is 806 g/mol. The SMILES string of the molecule is CCc1c(N2CCN(C(=O)c3ncnc(C)c3O)CC2)c(=O)n2nc(-c3ccc(CN4C[C@H]5C[C@@H]4CO5)cc3)nc2n1CC(=O)Nc1ccc(C(F)(F)F)cc1Cl. The third-order valence-electron chi connectivity index (χ3n) is 10.7. The Hall–Kier alpha value is -5.59. The van der Waals surface area contributed by atoms with Gasteiger partial charge in [-0.15, -0.1) is 5.10 Å². The third kappa shape index (κ3) is 7.39. The molecule has 3 saturated heterocycles. The first-order valence-electron chi connectivity index (χ1n) is 18.5. The fourth-order valence-corrected chi connectivity index (χ4v) is 7.98. The molecule has 2 aromatic carbocycles. The van der Waals surface area contributed by atoms with Gasteiger partial charge in [-0.05, 0) is 43.5 Å². The highest BCUT2D eigenvalue weighted by molar-refractivity contribution is 6.33. The van der Waals surface area contributed by atoms with Gasteiger partial charge in [0, 0.05) is 50.9 Å². The number of halogens is 4. The van der Waals surface area contributed by atoms with Gasteiger partial charge in [0.15, 0.2) is 17.3 Å². The zero-order valence-electron chi connectivity index (χ0n) is 31.0. The van der Waals surface area contributed by atoms with Gasteiger partial charge in [-0.1, -0.05) is 42.8 Å². The van der Waals surface area contributed by atoms with E-state index in [9.17, 15) is 32.7 Å². The molecule has 3 aromatic heterocycles. The van der Waals surface area contributed by atoms with Gasteiger partial charge in [-0.2, -0.15) is 22.7 Å². The Kier molecular flexibility index (Phi) is 10.1. The van der Waals surface area contributed by atoms with Crippen LogP contribution in [0.15, 0.2) is 53.6 Å². The van der Waals surface area contributed by atoms with Crippen molar-refractivity contribution in [3.8, 4) is 17.1 Å². The fraction of sp³-hybridized carbons (Fsp3) is 0.395. The van der Waals surface area contributed by atoms with E-state index < -0.39 is 29.1 Å². The van der Waals surface area contributed by atoms with E-state index in [1.54, 1.807) is 11.5 Å². The second-order valence-corrected chi connectivity index (χ2v) is 14.7. The molecule has 3 fully saturated rings. The molecule has 8 rings (SSSR count). The molecular weight excluding hydrogens is 769 g/mol.